The Morgan fingerprint density at radius 1 is 1.03 bits per heavy atom. The van der Waals surface area contributed by atoms with Crippen LogP contribution in [-0.4, -0.2) is 55.3 Å². The van der Waals surface area contributed by atoms with E-state index in [9.17, 15) is 13.2 Å². The van der Waals surface area contributed by atoms with Crippen LogP contribution in [0.15, 0.2) is 36.5 Å². The molecule has 29 heavy (non-hydrogen) atoms. The van der Waals surface area contributed by atoms with Crippen LogP contribution in [0.4, 0.5) is 5.82 Å². The molecule has 6 nitrogen and oxygen atoms in total. The minimum Gasteiger partial charge on any atom is -0.350 e. The Bertz CT molecular complexity index is 1000. The summed E-state index contributed by atoms with van der Waals surface area (Å²) in [5.74, 6) is 0.806. The first kappa shape index (κ1) is 19.9. The van der Waals surface area contributed by atoms with Crippen molar-refractivity contribution in [2.24, 2.45) is 0 Å². The Kier molecular flexibility index (Phi) is 5.34. The smallest absolute Gasteiger partial charge is 0.255 e. The molecule has 0 spiro atoms. The molecule has 2 saturated heterocycles. The van der Waals surface area contributed by atoms with Gasteiger partial charge in [0.05, 0.1) is 23.1 Å². The maximum Gasteiger partial charge on any atom is 0.255 e. The molecule has 0 bridgehead atoms. The Morgan fingerprint density at radius 2 is 1.79 bits per heavy atom. The lowest BCUT2D eigenvalue weighted by Gasteiger charge is -2.28. The average Bonchev–Trinajstić information content (AvgIpc) is 3.19. The molecule has 1 unspecified atom stereocenters. The van der Waals surface area contributed by atoms with Crippen LogP contribution in [0, 0.1) is 13.8 Å². The maximum absolute atomic E-state index is 12.7. The molecule has 0 saturated carbocycles. The second kappa shape index (κ2) is 7.78. The number of amides is 1. The van der Waals surface area contributed by atoms with E-state index in [0.29, 0.717) is 11.6 Å². The van der Waals surface area contributed by atoms with Gasteiger partial charge in [-0.2, -0.15) is 0 Å². The van der Waals surface area contributed by atoms with Gasteiger partial charge in [-0.05, 0) is 55.5 Å². The van der Waals surface area contributed by atoms with Crippen LogP contribution in [0.1, 0.15) is 45.9 Å². The first-order chi connectivity index (χ1) is 13.8. The van der Waals surface area contributed by atoms with Crippen molar-refractivity contribution in [3.8, 4) is 0 Å². The number of anilines is 1. The van der Waals surface area contributed by atoms with E-state index in [1.54, 1.807) is 11.1 Å². The molecule has 7 heteroatoms. The summed E-state index contributed by atoms with van der Waals surface area (Å²) >= 11 is 0. The molecular formula is C22H27N3O3S. The second-order valence-electron chi connectivity index (χ2n) is 8.04. The molecule has 1 atom stereocenters. The van der Waals surface area contributed by atoms with E-state index in [1.807, 2.05) is 12.1 Å². The maximum atomic E-state index is 12.7. The summed E-state index contributed by atoms with van der Waals surface area (Å²) in [6.07, 6.45) is 3.83. The molecule has 0 radical (unpaired) electrons. The fourth-order valence-corrected chi connectivity index (χ4v) is 5.34. The molecule has 154 valence electrons. The van der Waals surface area contributed by atoms with Gasteiger partial charge in [0.15, 0.2) is 9.84 Å². The number of pyridine rings is 1. The van der Waals surface area contributed by atoms with Gasteiger partial charge in [-0.3, -0.25) is 4.79 Å². The summed E-state index contributed by atoms with van der Waals surface area (Å²) in [5.41, 5.74) is 4.41. The summed E-state index contributed by atoms with van der Waals surface area (Å²) in [6, 6.07) is 10.7. The van der Waals surface area contributed by atoms with E-state index in [2.05, 4.69) is 41.9 Å². The predicted octanol–water partition coefficient (Wildman–Crippen LogP) is 2.91. The van der Waals surface area contributed by atoms with E-state index in [1.165, 1.54) is 16.7 Å². The number of aromatic nitrogens is 1. The largest absolute Gasteiger partial charge is 0.350 e. The normalized spacial score (nSPS) is 21.4. The van der Waals surface area contributed by atoms with Crippen LogP contribution < -0.4 is 4.90 Å². The molecule has 2 aliphatic rings. The number of hydrogen-bond acceptors (Lipinski definition) is 5. The van der Waals surface area contributed by atoms with Gasteiger partial charge in [0, 0.05) is 25.8 Å². The van der Waals surface area contributed by atoms with Crippen LogP contribution in [0.2, 0.25) is 0 Å². The molecule has 2 aromatic rings. The number of aryl methyl sites for hydroxylation is 2. The summed E-state index contributed by atoms with van der Waals surface area (Å²) in [5, 5.41) is 0. The van der Waals surface area contributed by atoms with Gasteiger partial charge >= 0.3 is 0 Å². The highest BCUT2D eigenvalue weighted by atomic mass is 32.2. The molecular weight excluding hydrogens is 386 g/mol. The highest BCUT2D eigenvalue weighted by Gasteiger charge is 2.29. The molecule has 2 aliphatic heterocycles. The zero-order chi connectivity index (χ0) is 20.6. The number of carbonyl (C=O) groups excluding carboxylic acids is 1. The first-order valence-electron chi connectivity index (χ1n) is 10.1. The van der Waals surface area contributed by atoms with E-state index in [0.717, 1.165) is 25.2 Å². The van der Waals surface area contributed by atoms with Crippen LogP contribution in [0.5, 0.6) is 0 Å². The zero-order valence-corrected chi connectivity index (χ0v) is 17.8. The lowest BCUT2D eigenvalue weighted by molar-refractivity contribution is 0.0770. The highest BCUT2D eigenvalue weighted by Crippen LogP contribution is 2.35. The molecule has 1 aromatic heterocycles. The van der Waals surface area contributed by atoms with Gasteiger partial charge in [-0.15, -0.1) is 0 Å². The molecule has 1 amide bonds. The quantitative estimate of drug-likeness (QED) is 0.774. The van der Waals surface area contributed by atoms with Crippen molar-refractivity contribution in [2.75, 3.05) is 36.0 Å². The van der Waals surface area contributed by atoms with Crippen molar-refractivity contribution in [1.29, 1.82) is 0 Å². The minimum atomic E-state index is -3.00. The molecule has 0 aliphatic carbocycles. The lowest BCUT2D eigenvalue weighted by Crippen LogP contribution is -2.43. The predicted molar refractivity (Wildman–Crippen MR) is 114 cm³/mol. The number of nitrogens with zero attached hydrogens (tertiary/aromatic N) is 3. The summed E-state index contributed by atoms with van der Waals surface area (Å²) in [6.45, 7) is 5.72. The van der Waals surface area contributed by atoms with E-state index < -0.39 is 9.84 Å². The van der Waals surface area contributed by atoms with Gasteiger partial charge < -0.3 is 9.80 Å². The van der Waals surface area contributed by atoms with Crippen LogP contribution in [-0.2, 0) is 9.84 Å². The molecule has 1 aromatic carbocycles. The lowest BCUT2D eigenvalue weighted by atomic mass is 9.99. The number of rotatable bonds is 3. The number of benzene rings is 1. The standard InChI is InChI=1S/C22H27N3O3S/c1-16-5-6-18(14-17(16)2)20-4-3-9-25(20)21-8-7-19(15-23-21)22(26)24-10-12-29(27,28)13-11-24/h5-8,14-15,20H,3-4,9-13H2,1-2H3. The third-order valence-corrected chi connectivity index (χ3v) is 7.70. The van der Waals surface area contributed by atoms with Crippen molar-refractivity contribution < 1.29 is 13.2 Å². The highest BCUT2D eigenvalue weighted by molar-refractivity contribution is 7.91. The Labute approximate surface area is 172 Å². The van der Waals surface area contributed by atoms with Gasteiger partial charge in [0.25, 0.3) is 5.91 Å². The number of sulfone groups is 1. The first-order valence-corrected chi connectivity index (χ1v) is 12.0. The van der Waals surface area contributed by atoms with Crippen molar-refractivity contribution in [3.05, 3.63) is 58.8 Å². The van der Waals surface area contributed by atoms with E-state index >= 15 is 0 Å². The summed E-state index contributed by atoms with van der Waals surface area (Å²) in [7, 11) is -3.00. The Hall–Kier alpha value is -2.41. The summed E-state index contributed by atoms with van der Waals surface area (Å²) < 4.78 is 23.2. The van der Waals surface area contributed by atoms with E-state index in [4.69, 9.17) is 0 Å². The number of hydrogen-bond donors (Lipinski definition) is 0. The van der Waals surface area contributed by atoms with Gasteiger partial charge in [-0.25, -0.2) is 13.4 Å². The second-order valence-corrected chi connectivity index (χ2v) is 10.3. The van der Waals surface area contributed by atoms with Crippen LogP contribution in [0.25, 0.3) is 0 Å². The molecule has 4 rings (SSSR count). The topological polar surface area (TPSA) is 70.6 Å². The van der Waals surface area contributed by atoms with Crippen molar-refractivity contribution in [1.82, 2.24) is 9.88 Å². The SMILES string of the molecule is Cc1ccc(C2CCCN2c2ccc(C(=O)N3CCS(=O)(=O)CC3)cn2)cc1C. The van der Waals surface area contributed by atoms with Gasteiger partial charge in [-0.1, -0.05) is 18.2 Å². The Balaban J connectivity index is 1.49. The van der Waals surface area contributed by atoms with Crippen LogP contribution in [0.3, 0.4) is 0 Å². The third kappa shape index (κ3) is 4.15. The fraction of sp³-hybridized carbons (Fsp3) is 0.455. The van der Waals surface area contributed by atoms with E-state index in [-0.39, 0.29) is 30.5 Å². The van der Waals surface area contributed by atoms with Gasteiger partial charge in [0.2, 0.25) is 0 Å². The summed E-state index contributed by atoms with van der Waals surface area (Å²) in [4.78, 5) is 21.2. The third-order valence-electron chi connectivity index (χ3n) is 6.09. The minimum absolute atomic E-state index is 0.0374. The fourth-order valence-electron chi connectivity index (χ4n) is 4.14. The van der Waals surface area contributed by atoms with Gasteiger partial charge in [0.1, 0.15) is 5.82 Å². The van der Waals surface area contributed by atoms with Crippen LogP contribution >= 0.6 is 0 Å². The Morgan fingerprint density at radius 3 is 2.45 bits per heavy atom. The monoisotopic (exact) mass is 413 g/mol. The molecule has 0 N–H and O–H groups in total. The van der Waals surface area contributed by atoms with Crippen molar-refractivity contribution >= 4 is 21.6 Å². The molecule has 3 heterocycles. The van der Waals surface area contributed by atoms with Crippen molar-refractivity contribution in [2.45, 2.75) is 32.7 Å². The van der Waals surface area contributed by atoms with Crippen molar-refractivity contribution in [3.63, 3.8) is 0 Å². The number of carbonyl (C=O) groups is 1. The molecule has 2 fully saturated rings. The zero-order valence-electron chi connectivity index (χ0n) is 17.0. The average molecular weight is 414 g/mol.